The van der Waals surface area contributed by atoms with E-state index in [1.54, 1.807) is 0 Å². The Morgan fingerprint density at radius 2 is 1.72 bits per heavy atom. The molecule has 1 N–H and O–H groups in total. The molecule has 0 unspecified atom stereocenters. The van der Waals surface area contributed by atoms with Crippen LogP contribution in [0.4, 0.5) is 5.69 Å². The van der Waals surface area contributed by atoms with E-state index in [1.165, 1.54) is 55.1 Å². The summed E-state index contributed by atoms with van der Waals surface area (Å²) in [6.45, 7) is 0.129. The highest BCUT2D eigenvalue weighted by molar-refractivity contribution is 5.90. The quantitative estimate of drug-likeness (QED) is 0.931. The van der Waals surface area contributed by atoms with Gasteiger partial charge in [-0.05, 0) is 89.8 Å². The van der Waals surface area contributed by atoms with Crippen molar-refractivity contribution >= 4 is 11.6 Å². The number of carbonyl (C=O) groups is 1. The Morgan fingerprint density at radius 3 is 2.28 bits per heavy atom. The van der Waals surface area contributed by atoms with Gasteiger partial charge in [0.2, 0.25) is 5.91 Å². The lowest BCUT2D eigenvalue weighted by Gasteiger charge is -2.57. The van der Waals surface area contributed by atoms with Gasteiger partial charge in [-0.3, -0.25) is 4.79 Å². The standard InChI is InChI=1S/C19H23N5O/c25-18(11-24-12-20-22-23-24)21-17-3-1-16(2-4-17)19-8-13-5-14(9-19)7-15(6-13)10-19/h1-4,12-15H,5-11H2,(H,21,25). The van der Waals surface area contributed by atoms with E-state index in [0.717, 1.165) is 23.4 Å². The van der Waals surface area contributed by atoms with Gasteiger partial charge in [-0.25, -0.2) is 4.68 Å². The molecule has 6 nitrogen and oxygen atoms in total. The second-order valence-corrected chi connectivity index (χ2v) is 8.33. The minimum absolute atomic E-state index is 0.116. The third-order valence-electron chi connectivity index (χ3n) is 6.52. The fourth-order valence-electron chi connectivity index (χ4n) is 5.97. The normalized spacial score (nSPS) is 32.7. The zero-order valence-electron chi connectivity index (χ0n) is 14.3. The summed E-state index contributed by atoms with van der Waals surface area (Å²) in [7, 11) is 0. The van der Waals surface area contributed by atoms with Gasteiger partial charge in [-0.15, -0.1) is 5.10 Å². The highest BCUT2D eigenvalue weighted by Crippen LogP contribution is 2.60. The maximum absolute atomic E-state index is 12.1. The van der Waals surface area contributed by atoms with Crippen molar-refractivity contribution in [1.29, 1.82) is 0 Å². The lowest BCUT2D eigenvalue weighted by molar-refractivity contribution is -0.116. The summed E-state index contributed by atoms with van der Waals surface area (Å²) in [6, 6.07) is 8.57. The number of amides is 1. The first-order chi connectivity index (χ1) is 12.2. The Balaban J connectivity index is 1.30. The van der Waals surface area contributed by atoms with E-state index in [0.29, 0.717) is 5.41 Å². The average Bonchev–Trinajstić information content (AvgIpc) is 3.07. The van der Waals surface area contributed by atoms with Crippen LogP contribution in [0.3, 0.4) is 0 Å². The zero-order chi connectivity index (χ0) is 16.9. The smallest absolute Gasteiger partial charge is 0.246 e. The van der Waals surface area contributed by atoms with Crippen molar-refractivity contribution in [3.05, 3.63) is 36.2 Å². The molecule has 2 aromatic rings. The first-order valence-corrected chi connectivity index (χ1v) is 9.30. The molecule has 6 heteroatoms. The minimum Gasteiger partial charge on any atom is -0.324 e. The van der Waals surface area contributed by atoms with Gasteiger partial charge in [0, 0.05) is 5.69 Å². The van der Waals surface area contributed by atoms with Crippen molar-refractivity contribution in [3.8, 4) is 0 Å². The van der Waals surface area contributed by atoms with E-state index in [1.807, 2.05) is 12.1 Å². The Morgan fingerprint density at radius 1 is 1.08 bits per heavy atom. The summed E-state index contributed by atoms with van der Waals surface area (Å²) in [5.74, 6) is 2.72. The highest BCUT2D eigenvalue weighted by Gasteiger charge is 2.51. The van der Waals surface area contributed by atoms with E-state index >= 15 is 0 Å². The predicted molar refractivity (Wildman–Crippen MR) is 92.7 cm³/mol. The van der Waals surface area contributed by atoms with E-state index in [-0.39, 0.29) is 12.5 Å². The molecule has 4 bridgehead atoms. The number of hydrogen-bond donors (Lipinski definition) is 1. The summed E-state index contributed by atoms with van der Waals surface area (Å²) in [5.41, 5.74) is 2.72. The number of anilines is 1. The van der Waals surface area contributed by atoms with Crippen LogP contribution in [-0.4, -0.2) is 26.1 Å². The topological polar surface area (TPSA) is 72.7 Å². The van der Waals surface area contributed by atoms with Crippen molar-refractivity contribution in [2.75, 3.05) is 5.32 Å². The second-order valence-electron chi connectivity index (χ2n) is 8.33. The van der Waals surface area contributed by atoms with Crippen LogP contribution in [-0.2, 0) is 16.8 Å². The van der Waals surface area contributed by atoms with Gasteiger partial charge in [0.25, 0.3) is 0 Å². The lowest BCUT2D eigenvalue weighted by Crippen LogP contribution is -2.48. The van der Waals surface area contributed by atoms with Gasteiger partial charge in [0.05, 0.1) is 0 Å². The zero-order valence-corrected chi connectivity index (χ0v) is 14.3. The number of aromatic nitrogens is 4. The molecule has 4 aliphatic rings. The molecular weight excluding hydrogens is 314 g/mol. The van der Waals surface area contributed by atoms with Crippen LogP contribution in [0.15, 0.2) is 30.6 Å². The van der Waals surface area contributed by atoms with Crippen molar-refractivity contribution in [3.63, 3.8) is 0 Å². The van der Waals surface area contributed by atoms with Crippen LogP contribution >= 0.6 is 0 Å². The maximum Gasteiger partial charge on any atom is 0.246 e. The molecule has 6 rings (SSSR count). The molecule has 4 aliphatic carbocycles. The van der Waals surface area contributed by atoms with Crippen LogP contribution in [0, 0.1) is 17.8 Å². The van der Waals surface area contributed by atoms with Gasteiger partial charge in [0.1, 0.15) is 12.9 Å². The molecule has 0 radical (unpaired) electrons. The van der Waals surface area contributed by atoms with Gasteiger partial charge in [-0.2, -0.15) is 0 Å². The lowest BCUT2D eigenvalue weighted by atomic mass is 9.48. The van der Waals surface area contributed by atoms with Crippen molar-refractivity contribution in [2.24, 2.45) is 17.8 Å². The fraction of sp³-hybridized carbons (Fsp3) is 0.579. The SMILES string of the molecule is O=C(Cn1cnnn1)Nc1ccc(C23CC4CC(CC(C4)C2)C3)cc1. The fourth-order valence-corrected chi connectivity index (χ4v) is 5.97. The maximum atomic E-state index is 12.1. The summed E-state index contributed by atoms with van der Waals surface area (Å²) in [5, 5.41) is 13.7. The molecule has 0 atom stereocenters. The molecule has 1 aromatic carbocycles. The van der Waals surface area contributed by atoms with E-state index in [2.05, 4.69) is 33.0 Å². The largest absolute Gasteiger partial charge is 0.324 e. The number of tetrazole rings is 1. The first-order valence-electron chi connectivity index (χ1n) is 9.30. The van der Waals surface area contributed by atoms with Gasteiger partial charge < -0.3 is 5.32 Å². The molecule has 0 saturated heterocycles. The van der Waals surface area contributed by atoms with Crippen molar-refractivity contribution < 1.29 is 4.79 Å². The monoisotopic (exact) mass is 337 g/mol. The molecular formula is C19H23N5O. The van der Waals surface area contributed by atoms with Crippen molar-refractivity contribution in [1.82, 2.24) is 20.2 Å². The Hall–Kier alpha value is -2.24. The molecule has 0 aliphatic heterocycles. The van der Waals surface area contributed by atoms with E-state index in [9.17, 15) is 4.79 Å². The van der Waals surface area contributed by atoms with Crippen LogP contribution in [0.2, 0.25) is 0 Å². The number of nitrogens with zero attached hydrogens (tertiary/aromatic N) is 4. The molecule has 1 aromatic heterocycles. The van der Waals surface area contributed by atoms with Crippen molar-refractivity contribution in [2.45, 2.75) is 50.5 Å². The third-order valence-corrected chi connectivity index (χ3v) is 6.52. The van der Waals surface area contributed by atoms with Gasteiger partial charge in [0.15, 0.2) is 0 Å². The van der Waals surface area contributed by atoms with Crippen LogP contribution in [0.5, 0.6) is 0 Å². The van der Waals surface area contributed by atoms with Crippen LogP contribution in [0.1, 0.15) is 44.1 Å². The highest BCUT2D eigenvalue weighted by atomic mass is 16.2. The Kier molecular flexibility index (Phi) is 3.40. The first kappa shape index (κ1) is 15.0. The number of benzene rings is 1. The predicted octanol–water partition coefficient (Wildman–Crippen LogP) is 2.78. The Bertz CT molecular complexity index is 732. The van der Waals surface area contributed by atoms with Gasteiger partial charge in [-0.1, -0.05) is 12.1 Å². The molecule has 1 heterocycles. The van der Waals surface area contributed by atoms with Crippen LogP contribution in [0.25, 0.3) is 0 Å². The third kappa shape index (κ3) is 2.73. The average molecular weight is 337 g/mol. The molecule has 130 valence electrons. The molecule has 4 fully saturated rings. The summed E-state index contributed by atoms with van der Waals surface area (Å²) in [4.78, 5) is 12.1. The minimum atomic E-state index is -0.116. The summed E-state index contributed by atoms with van der Waals surface area (Å²) < 4.78 is 1.42. The Labute approximate surface area is 147 Å². The number of carbonyl (C=O) groups excluding carboxylic acids is 1. The molecule has 25 heavy (non-hydrogen) atoms. The number of nitrogens with one attached hydrogen (secondary N) is 1. The second kappa shape index (κ2) is 5.64. The van der Waals surface area contributed by atoms with Gasteiger partial charge >= 0.3 is 0 Å². The molecule has 0 spiro atoms. The molecule has 4 saturated carbocycles. The molecule has 1 amide bonds. The van der Waals surface area contributed by atoms with E-state index in [4.69, 9.17) is 0 Å². The summed E-state index contributed by atoms with van der Waals surface area (Å²) in [6.07, 6.45) is 9.92. The number of hydrogen-bond acceptors (Lipinski definition) is 4. The summed E-state index contributed by atoms with van der Waals surface area (Å²) >= 11 is 0. The number of rotatable bonds is 4. The van der Waals surface area contributed by atoms with E-state index < -0.39 is 0 Å². The van der Waals surface area contributed by atoms with Crippen LogP contribution < -0.4 is 5.32 Å².